The molecule has 0 radical (unpaired) electrons. The Kier molecular flexibility index (Phi) is 7.60. The van der Waals surface area contributed by atoms with Gasteiger partial charge in [0.25, 0.3) is 0 Å². The highest BCUT2D eigenvalue weighted by Gasteiger charge is 2.54. The van der Waals surface area contributed by atoms with Crippen LogP contribution in [0, 0.1) is 0 Å². The summed E-state index contributed by atoms with van der Waals surface area (Å²) in [5, 5.41) is 3.10. The zero-order valence-electron chi connectivity index (χ0n) is 22.4. The van der Waals surface area contributed by atoms with Crippen LogP contribution in [0.15, 0.2) is 48.5 Å². The van der Waals surface area contributed by atoms with Crippen molar-refractivity contribution in [3.63, 3.8) is 0 Å². The number of amides is 2. The predicted octanol–water partition coefficient (Wildman–Crippen LogP) is 5.28. The van der Waals surface area contributed by atoms with Crippen LogP contribution in [0.2, 0.25) is 0 Å². The van der Waals surface area contributed by atoms with Gasteiger partial charge in [-0.05, 0) is 55.5 Å². The molecule has 4 atom stereocenters. The molecule has 41 heavy (non-hydrogen) atoms. The van der Waals surface area contributed by atoms with Crippen LogP contribution in [-0.2, 0) is 32.2 Å². The van der Waals surface area contributed by atoms with Crippen LogP contribution in [0.25, 0.3) is 0 Å². The maximum absolute atomic E-state index is 13.5. The van der Waals surface area contributed by atoms with Gasteiger partial charge in [-0.3, -0.25) is 14.5 Å². The first kappa shape index (κ1) is 29.4. The van der Waals surface area contributed by atoms with E-state index in [1.54, 1.807) is 4.90 Å². The van der Waals surface area contributed by atoms with Gasteiger partial charge in [-0.2, -0.15) is 26.3 Å². The zero-order valence-corrected chi connectivity index (χ0v) is 22.4. The predicted molar refractivity (Wildman–Crippen MR) is 136 cm³/mol. The Morgan fingerprint density at radius 1 is 0.976 bits per heavy atom. The van der Waals surface area contributed by atoms with Gasteiger partial charge in [0.2, 0.25) is 11.8 Å². The van der Waals surface area contributed by atoms with Crippen LogP contribution in [0.4, 0.5) is 26.3 Å². The highest BCUT2D eigenvalue weighted by atomic mass is 19.4. The second-order valence-electron chi connectivity index (χ2n) is 11.3. The first-order chi connectivity index (χ1) is 19.2. The number of hydrogen-bond donors (Lipinski definition) is 1. The smallest absolute Gasteiger partial charge is 0.372 e. The number of piperazine rings is 1. The maximum atomic E-state index is 13.5. The van der Waals surface area contributed by atoms with E-state index in [1.165, 1.54) is 6.92 Å². The minimum Gasteiger partial charge on any atom is -0.372 e. The number of carbonyl (C=O) groups is 2. The van der Waals surface area contributed by atoms with Crippen molar-refractivity contribution in [3.8, 4) is 0 Å². The third-order valence-electron chi connectivity index (χ3n) is 8.48. The van der Waals surface area contributed by atoms with Crippen LogP contribution in [0.3, 0.4) is 0 Å². The van der Waals surface area contributed by atoms with E-state index in [1.807, 2.05) is 35.2 Å². The van der Waals surface area contributed by atoms with Gasteiger partial charge in [0, 0.05) is 26.1 Å². The first-order valence-corrected chi connectivity index (χ1v) is 13.5. The minimum atomic E-state index is -4.97. The summed E-state index contributed by atoms with van der Waals surface area (Å²) in [7, 11) is 0. The van der Waals surface area contributed by atoms with Gasteiger partial charge in [-0.1, -0.05) is 30.3 Å². The number of nitrogens with zero attached hydrogens (tertiary/aromatic N) is 2. The van der Waals surface area contributed by atoms with Crippen molar-refractivity contribution in [2.45, 2.75) is 62.1 Å². The van der Waals surface area contributed by atoms with Crippen molar-refractivity contribution in [1.29, 1.82) is 0 Å². The Bertz CT molecular complexity index is 1270. The molecule has 3 fully saturated rings. The normalized spacial score (nSPS) is 27.6. The van der Waals surface area contributed by atoms with E-state index in [2.05, 4.69) is 5.32 Å². The summed E-state index contributed by atoms with van der Waals surface area (Å²) in [5.41, 5.74) is -3.75. The highest BCUT2D eigenvalue weighted by molar-refractivity contribution is 5.81. The second-order valence-corrected chi connectivity index (χ2v) is 11.3. The lowest BCUT2D eigenvalue weighted by Gasteiger charge is -2.57. The van der Waals surface area contributed by atoms with Crippen molar-refractivity contribution in [3.05, 3.63) is 70.8 Å². The number of piperidine rings is 1. The molecule has 6 nitrogen and oxygen atoms in total. The molecule has 0 saturated carbocycles. The standard InChI is InChI=1S/C29H31F6N3O3/c1-19(20-12-22(28(30,31)32)14-23(13-20)29(33,34)35)41-18-27(21-6-3-2-4-7-21)10-9-26(16-37-11-5-8-25(37)40)17-38(27)15-24(39)36-26/h2-4,6-7,12-14,19H,5,8-11,15-18H2,1H3,(H,36,39)/t19-,26+,27-/m1/s1. The fraction of sp³-hybridized carbons (Fsp3) is 0.517. The van der Waals surface area contributed by atoms with E-state index in [9.17, 15) is 35.9 Å². The third-order valence-corrected chi connectivity index (χ3v) is 8.48. The molecule has 3 heterocycles. The fourth-order valence-electron chi connectivity index (χ4n) is 6.32. The second kappa shape index (κ2) is 10.6. The fourth-order valence-corrected chi connectivity index (χ4v) is 6.32. The molecular weight excluding hydrogens is 552 g/mol. The number of alkyl halides is 6. The van der Waals surface area contributed by atoms with Gasteiger partial charge in [-0.25, -0.2) is 0 Å². The topological polar surface area (TPSA) is 61.9 Å². The third kappa shape index (κ3) is 5.94. The number of rotatable bonds is 7. The number of ether oxygens (including phenoxy) is 1. The van der Waals surface area contributed by atoms with Gasteiger partial charge in [0.15, 0.2) is 0 Å². The molecule has 12 heteroatoms. The SMILES string of the molecule is C[C@@H](OC[C@@]1(c2ccccc2)CC[C@]2(CN3CCCC3=O)CN1CC(=O)N2)c1cc(C(F)(F)F)cc(C(F)(F)F)c1. The lowest BCUT2D eigenvalue weighted by atomic mass is 9.73. The number of halogens is 6. The van der Waals surface area contributed by atoms with Crippen LogP contribution in [0.5, 0.6) is 0 Å². The number of hydrogen-bond acceptors (Lipinski definition) is 4. The van der Waals surface area contributed by atoms with Crippen molar-refractivity contribution < 1.29 is 40.7 Å². The molecule has 0 aliphatic carbocycles. The van der Waals surface area contributed by atoms with Gasteiger partial charge in [0.05, 0.1) is 41.5 Å². The van der Waals surface area contributed by atoms with Crippen molar-refractivity contribution >= 4 is 11.8 Å². The molecule has 2 bridgehead atoms. The molecule has 0 spiro atoms. The lowest BCUT2D eigenvalue weighted by molar-refractivity contribution is -0.147. The molecule has 1 N–H and O–H groups in total. The molecule has 2 aromatic rings. The van der Waals surface area contributed by atoms with Crippen LogP contribution in [0.1, 0.15) is 61.0 Å². The lowest BCUT2D eigenvalue weighted by Crippen LogP contribution is -2.74. The monoisotopic (exact) mass is 583 g/mol. The summed E-state index contributed by atoms with van der Waals surface area (Å²) < 4.78 is 86.9. The molecule has 0 aromatic heterocycles. The molecule has 3 saturated heterocycles. The Hall–Kier alpha value is -3.12. The molecule has 2 aromatic carbocycles. The summed E-state index contributed by atoms with van der Waals surface area (Å²) in [6, 6.07) is 10.7. The van der Waals surface area contributed by atoms with Crippen LogP contribution >= 0.6 is 0 Å². The Morgan fingerprint density at radius 2 is 1.63 bits per heavy atom. The van der Waals surface area contributed by atoms with E-state index >= 15 is 0 Å². The van der Waals surface area contributed by atoms with Crippen LogP contribution < -0.4 is 5.32 Å². The summed E-state index contributed by atoms with van der Waals surface area (Å²) in [5.74, 6) is -0.175. The van der Waals surface area contributed by atoms with E-state index < -0.39 is 40.7 Å². The van der Waals surface area contributed by atoms with Crippen molar-refractivity contribution in [1.82, 2.24) is 15.1 Å². The maximum Gasteiger partial charge on any atom is 0.416 e. The number of likely N-dealkylation sites (tertiary alicyclic amines) is 1. The van der Waals surface area contributed by atoms with E-state index in [0.717, 1.165) is 12.0 Å². The van der Waals surface area contributed by atoms with Crippen molar-refractivity contribution in [2.24, 2.45) is 0 Å². The highest BCUT2D eigenvalue weighted by Crippen LogP contribution is 2.45. The Morgan fingerprint density at radius 3 is 2.22 bits per heavy atom. The van der Waals surface area contributed by atoms with Crippen LogP contribution in [-0.4, -0.2) is 59.9 Å². The largest absolute Gasteiger partial charge is 0.416 e. The van der Waals surface area contributed by atoms with E-state index in [-0.39, 0.29) is 36.6 Å². The molecule has 2 amide bonds. The average molecular weight is 584 g/mol. The number of benzene rings is 2. The van der Waals surface area contributed by atoms with Gasteiger partial charge >= 0.3 is 12.4 Å². The summed E-state index contributed by atoms with van der Waals surface area (Å²) in [6.07, 6.45) is -8.81. The number of nitrogens with one attached hydrogen (secondary N) is 1. The summed E-state index contributed by atoms with van der Waals surface area (Å²) in [4.78, 5) is 29.1. The molecule has 222 valence electrons. The molecule has 5 rings (SSSR count). The number of carbonyl (C=O) groups excluding carboxylic acids is 2. The van der Waals surface area contributed by atoms with Gasteiger partial charge < -0.3 is 15.0 Å². The average Bonchev–Trinajstić information content (AvgIpc) is 3.31. The summed E-state index contributed by atoms with van der Waals surface area (Å²) in [6.45, 7) is 2.80. The quantitative estimate of drug-likeness (QED) is 0.451. The zero-order chi connectivity index (χ0) is 29.6. The minimum absolute atomic E-state index is 0.0319. The van der Waals surface area contributed by atoms with Gasteiger partial charge in [-0.15, -0.1) is 0 Å². The van der Waals surface area contributed by atoms with Crippen molar-refractivity contribution in [2.75, 3.05) is 32.8 Å². The first-order valence-electron chi connectivity index (χ1n) is 13.5. The Balaban J connectivity index is 1.44. The van der Waals surface area contributed by atoms with E-state index in [0.29, 0.717) is 51.0 Å². The van der Waals surface area contributed by atoms with Gasteiger partial charge in [0.1, 0.15) is 0 Å². The molecule has 3 aliphatic heterocycles. The molecule has 3 aliphatic rings. The number of fused-ring (bicyclic) bond motifs is 2. The summed E-state index contributed by atoms with van der Waals surface area (Å²) >= 11 is 0. The molecular formula is C29H31F6N3O3. The van der Waals surface area contributed by atoms with E-state index in [4.69, 9.17) is 4.74 Å². The molecule has 1 unspecified atom stereocenters. The Labute approximate surface area is 233 Å².